The quantitative estimate of drug-likeness (QED) is 0.714. The van der Waals surface area contributed by atoms with Gasteiger partial charge in [-0.3, -0.25) is 9.59 Å². The van der Waals surface area contributed by atoms with Gasteiger partial charge in [0, 0.05) is 17.0 Å². The molecule has 1 aromatic heterocycles. The molecule has 3 aromatic rings. The second kappa shape index (κ2) is 7.58. The average molecular weight is 372 g/mol. The van der Waals surface area contributed by atoms with Crippen LogP contribution in [0, 0.1) is 0 Å². The van der Waals surface area contributed by atoms with Gasteiger partial charge in [0.25, 0.3) is 5.91 Å². The summed E-state index contributed by atoms with van der Waals surface area (Å²) in [4.78, 5) is 24.5. The minimum Gasteiger partial charge on any atom is -0.356 e. The van der Waals surface area contributed by atoms with Crippen LogP contribution in [0.2, 0.25) is 5.02 Å². The maximum Gasteiger partial charge on any atom is 0.251 e. The van der Waals surface area contributed by atoms with Crippen LogP contribution in [0.1, 0.15) is 29.9 Å². The SMILES string of the molecule is CC(C)NC(=O)c1ccc(Cl)c(NC(=O)Cc2noc3ccccc23)c1. The number of rotatable bonds is 5. The molecule has 2 amide bonds. The Balaban J connectivity index is 1.75. The molecule has 0 fully saturated rings. The minimum absolute atomic E-state index is 0.0108. The molecule has 3 rings (SSSR count). The Hall–Kier alpha value is -2.86. The summed E-state index contributed by atoms with van der Waals surface area (Å²) < 4.78 is 5.20. The second-order valence-electron chi connectivity index (χ2n) is 6.17. The van der Waals surface area contributed by atoms with E-state index in [-0.39, 0.29) is 24.3 Å². The first-order valence-corrected chi connectivity index (χ1v) is 8.55. The number of benzene rings is 2. The minimum atomic E-state index is -0.299. The summed E-state index contributed by atoms with van der Waals surface area (Å²) in [5.74, 6) is -0.526. The smallest absolute Gasteiger partial charge is 0.251 e. The van der Waals surface area contributed by atoms with Gasteiger partial charge in [-0.05, 0) is 44.2 Å². The maximum atomic E-state index is 12.4. The molecule has 1 heterocycles. The van der Waals surface area contributed by atoms with Crippen molar-refractivity contribution in [1.82, 2.24) is 10.5 Å². The standard InChI is InChI=1S/C19H18ClN3O3/c1-11(2)21-19(25)12-7-8-14(20)16(9-12)22-18(24)10-15-13-5-3-4-6-17(13)26-23-15/h3-9,11H,10H2,1-2H3,(H,21,25)(H,22,24). The molecule has 134 valence electrons. The van der Waals surface area contributed by atoms with Crippen molar-refractivity contribution < 1.29 is 14.1 Å². The van der Waals surface area contributed by atoms with Gasteiger partial charge in [-0.15, -0.1) is 0 Å². The summed E-state index contributed by atoms with van der Waals surface area (Å²) in [7, 11) is 0. The third-order valence-corrected chi connectivity index (χ3v) is 4.03. The molecule has 0 aliphatic heterocycles. The average Bonchev–Trinajstić information content (AvgIpc) is 2.99. The Labute approximate surface area is 155 Å². The lowest BCUT2D eigenvalue weighted by Crippen LogP contribution is -2.30. The fourth-order valence-corrected chi connectivity index (χ4v) is 2.68. The van der Waals surface area contributed by atoms with Crippen LogP contribution >= 0.6 is 11.6 Å². The van der Waals surface area contributed by atoms with Crippen molar-refractivity contribution in [2.45, 2.75) is 26.3 Å². The monoisotopic (exact) mass is 371 g/mol. The summed E-state index contributed by atoms with van der Waals surface area (Å²) in [5, 5.41) is 10.6. The lowest BCUT2D eigenvalue weighted by molar-refractivity contribution is -0.115. The molecule has 0 saturated heterocycles. The van der Waals surface area contributed by atoms with Crippen LogP contribution in [0.15, 0.2) is 47.0 Å². The Morgan fingerprint density at radius 3 is 2.73 bits per heavy atom. The summed E-state index contributed by atoms with van der Waals surface area (Å²) in [6, 6.07) is 12.1. The molecular weight excluding hydrogens is 354 g/mol. The van der Waals surface area contributed by atoms with Gasteiger partial charge >= 0.3 is 0 Å². The topological polar surface area (TPSA) is 84.2 Å². The number of amides is 2. The number of nitrogens with zero attached hydrogens (tertiary/aromatic N) is 1. The first-order valence-electron chi connectivity index (χ1n) is 8.17. The maximum absolute atomic E-state index is 12.4. The van der Waals surface area contributed by atoms with Crippen molar-refractivity contribution >= 4 is 40.1 Å². The molecule has 0 bridgehead atoms. The molecular formula is C19H18ClN3O3. The largest absolute Gasteiger partial charge is 0.356 e. The third kappa shape index (κ3) is 4.03. The molecule has 0 aliphatic carbocycles. The Morgan fingerprint density at radius 1 is 1.19 bits per heavy atom. The van der Waals surface area contributed by atoms with Crippen molar-refractivity contribution in [1.29, 1.82) is 0 Å². The van der Waals surface area contributed by atoms with E-state index in [0.717, 1.165) is 5.39 Å². The highest BCUT2D eigenvalue weighted by Crippen LogP contribution is 2.24. The third-order valence-electron chi connectivity index (χ3n) is 3.70. The van der Waals surface area contributed by atoms with E-state index in [1.807, 2.05) is 32.0 Å². The lowest BCUT2D eigenvalue weighted by atomic mass is 10.1. The number of aromatic nitrogens is 1. The summed E-state index contributed by atoms with van der Waals surface area (Å²) >= 11 is 6.15. The Kier molecular flexibility index (Phi) is 5.23. The number of carbonyl (C=O) groups excluding carboxylic acids is 2. The van der Waals surface area contributed by atoms with Gasteiger partial charge in [-0.1, -0.05) is 28.9 Å². The van der Waals surface area contributed by atoms with E-state index in [9.17, 15) is 9.59 Å². The molecule has 2 aromatic carbocycles. The number of anilines is 1. The number of carbonyl (C=O) groups is 2. The van der Waals surface area contributed by atoms with Gasteiger partial charge in [-0.2, -0.15) is 0 Å². The summed E-state index contributed by atoms with van der Waals surface area (Å²) in [5.41, 5.74) is 1.97. The van der Waals surface area contributed by atoms with E-state index in [0.29, 0.717) is 27.6 Å². The number of hydrogen-bond donors (Lipinski definition) is 2. The van der Waals surface area contributed by atoms with Gasteiger partial charge in [0.15, 0.2) is 5.58 Å². The van der Waals surface area contributed by atoms with Gasteiger partial charge < -0.3 is 15.2 Å². The van der Waals surface area contributed by atoms with Gasteiger partial charge in [0.05, 0.1) is 17.1 Å². The van der Waals surface area contributed by atoms with Crippen molar-refractivity contribution in [2.24, 2.45) is 0 Å². The zero-order chi connectivity index (χ0) is 18.7. The number of hydrogen-bond acceptors (Lipinski definition) is 4. The second-order valence-corrected chi connectivity index (χ2v) is 6.58. The molecule has 0 saturated carbocycles. The molecule has 0 spiro atoms. The Bertz CT molecular complexity index is 966. The molecule has 0 atom stereocenters. The molecule has 0 unspecified atom stereocenters. The highest BCUT2D eigenvalue weighted by molar-refractivity contribution is 6.34. The van der Waals surface area contributed by atoms with Crippen LogP contribution in [-0.4, -0.2) is 23.0 Å². The van der Waals surface area contributed by atoms with Crippen LogP contribution in [0.5, 0.6) is 0 Å². The zero-order valence-corrected chi connectivity index (χ0v) is 15.1. The van der Waals surface area contributed by atoms with E-state index >= 15 is 0 Å². The van der Waals surface area contributed by atoms with Crippen molar-refractivity contribution in [3.8, 4) is 0 Å². The van der Waals surface area contributed by atoms with Crippen LogP contribution in [-0.2, 0) is 11.2 Å². The Morgan fingerprint density at radius 2 is 1.96 bits per heavy atom. The first-order chi connectivity index (χ1) is 12.4. The van der Waals surface area contributed by atoms with Crippen LogP contribution < -0.4 is 10.6 Å². The molecule has 2 N–H and O–H groups in total. The fourth-order valence-electron chi connectivity index (χ4n) is 2.52. The predicted molar refractivity (Wildman–Crippen MR) is 100 cm³/mol. The van der Waals surface area contributed by atoms with E-state index in [1.54, 1.807) is 24.3 Å². The van der Waals surface area contributed by atoms with E-state index in [2.05, 4.69) is 15.8 Å². The lowest BCUT2D eigenvalue weighted by Gasteiger charge is -2.11. The number of nitrogens with one attached hydrogen (secondary N) is 2. The van der Waals surface area contributed by atoms with E-state index in [4.69, 9.17) is 16.1 Å². The van der Waals surface area contributed by atoms with Gasteiger partial charge in [-0.25, -0.2) is 0 Å². The first kappa shape index (κ1) is 17.9. The van der Waals surface area contributed by atoms with Gasteiger partial charge in [0.2, 0.25) is 5.91 Å². The fraction of sp³-hybridized carbons (Fsp3) is 0.211. The summed E-state index contributed by atoms with van der Waals surface area (Å²) in [6.07, 6.45) is 0.0375. The number of fused-ring (bicyclic) bond motifs is 1. The summed E-state index contributed by atoms with van der Waals surface area (Å²) in [6.45, 7) is 3.75. The number of halogens is 1. The highest BCUT2D eigenvalue weighted by atomic mass is 35.5. The number of para-hydroxylation sites is 1. The van der Waals surface area contributed by atoms with E-state index in [1.165, 1.54) is 0 Å². The molecule has 26 heavy (non-hydrogen) atoms. The highest BCUT2D eigenvalue weighted by Gasteiger charge is 2.15. The molecule has 0 aliphatic rings. The van der Waals surface area contributed by atoms with Crippen LogP contribution in [0.4, 0.5) is 5.69 Å². The predicted octanol–water partition coefficient (Wildman–Crippen LogP) is 3.80. The molecule has 6 nitrogen and oxygen atoms in total. The van der Waals surface area contributed by atoms with Crippen molar-refractivity contribution in [2.75, 3.05) is 5.32 Å². The van der Waals surface area contributed by atoms with Crippen molar-refractivity contribution in [3.63, 3.8) is 0 Å². The van der Waals surface area contributed by atoms with Gasteiger partial charge in [0.1, 0.15) is 5.69 Å². The van der Waals surface area contributed by atoms with Crippen molar-refractivity contribution in [3.05, 3.63) is 58.7 Å². The van der Waals surface area contributed by atoms with E-state index < -0.39 is 0 Å². The molecule has 7 heteroatoms. The van der Waals surface area contributed by atoms with Crippen LogP contribution in [0.25, 0.3) is 11.0 Å². The normalized spacial score (nSPS) is 10.9. The molecule has 0 radical (unpaired) electrons. The zero-order valence-electron chi connectivity index (χ0n) is 14.4. The van der Waals surface area contributed by atoms with Crippen LogP contribution in [0.3, 0.4) is 0 Å².